The number of aromatic nitrogens is 4. The molecule has 126 valence electrons. The summed E-state index contributed by atoms with van der Waals surface area (Å²) in [7, 11) is 3.24. The number of hydrogen-bond donors (Lipinski definition) is 1. The summed E-state index contributed by atoms with van der Waals surface area (Å²) in [6.45, 7) is 0.424. The van der Waals surface area contributed by atoms with E-state index in [1.165, 1.54) is 0 Å². The summed E-state index contributed by atoms with van der Waals surface area (Å²) in [5.74, 6) is 0.0842. The molecule has 1 aliphatic heterocycles. The molecule has 3 rings (SSSR count). The minimum atomic E-state index is -0.328. The first kappa shape index (κ1) is 16.7. The van der Waals surface area contributed by atoms with Gasteiger partial charge in [-0.05, 0) is 11.6 Å². The van der Waals surface area contributed by atoms with E-state index in [1.54, 1.807) is 25.1 Å². The van der Waals surface area contributed by atoms with Gasteiger partial charge in [0.05, 0.1) is 19.0 Å². The summed E-state index contributed by atoms with van der Waals surface area (Å²) in [6.07, 6.45) is 1.57. The second kappa shape index (κ2) is 7.16. The van der Waals surface area contributed by atoms with Crippen molar-refractivity contribution in [2.45, 2.75) is 24.9 Å². The van der Waals surface area contributed by atoms with Crippen molar-refractivity contribution < 1.29 is 22.9 Å². The third-order valence-corrected chi connectivity index (χ3v) is 4.00. The highest BCUT2D eigenvalue weighted by Gasteiger charge is 2.37. The Morgan fingerprint density at radius 2 is 2.30 bits per heavy atom. The molecule has 1 fully saturated rings. The van der Waals surface area contributed by atoms with Gasteiger partial charge in [0.1, 0.15) is 12.3 Å². The largest absolute Gasteiger partial charge is 0.382 e. The number of methoxy groups -OCH3 is 2. The molecule has 0 bridgehead atoms. The molecule has 23 heavy (non-hydrogen) atoms. The summed E-state index contributed by atoms with van der Waals surface area (Å²) in [5.41, 5.74) is 0.829. The van der Waals surface area contributed by atoms with Gasteiger partial charge in [-0.25, -0.2) is 4.98 Å². The van der Waals surface area contributed by atoms with Crippen molar-refractivity contribution in [3.05, 3.63) is 11.6 Å². The van der Waals surface area contributed by atoms with E-state index in [1.807, 2.05) is 0 Å². The number of fused-ring (bicyclic) bond motifs is 1. The summed E-state index contributed by atoms with van der Waals surface area (Å²) in [4.78, 5) is 12.3. The maximum atomic E-state index is 8.85. The van der Waals surface area contributed by atoms with Crippen molar-refractivity contribution in [1.29, 1.82) is 0 Å². The molecular formula is C12H15ClN4O5S. The molecule has 2 aromatic rings. The Morgan fingerprint density at radius 3 is 3.00 bits per heavy atom. The predicted octanol–water partition coefficient (Wildman–Crippen LogP) is 1.93. The lowest BCUT2D eigenvalue weighted by Gasteiger charge is -2.16. The highest BCUT2D eigenvalue weighted by Crippen LogP contribution is 2.34. The zero-order valence-corrected chi connectivity index (χ0v) is 14.0. The molecule has 3 atom stereocenters. The van der Waals surface area contributed by atoms with Gasteiger partial charge in [-0.3, -0.25) is 9.12 Å². The van der Waals surface area contributed by atoms with Crippen LogP contribution in [0.15, 0.2) is 6.33 Å². The van der Waals surface area contributed by atoms with Crippen LogP contribution in [0.2, 0.25) is 5.28 Å². The van der Waals surface area contributed by atoms with Crippen molar-refractivity contribution in [3.63, 3.8) is 0 Å². The number of halogens is 1. The Hall–Kier alpha value is -1.17. The van der Waals surface area contributed by atoms with Crippen LogP contribution >= 0.6 is 23.9 Å². The first-order valence-corrected chi connectivity index (χ1v) is 7.81. The van der Waals surface area contributed by atoms with Gasteiger partial charge in [0.2, 0.25) is 17.6 Å². The van der Waals surface area contributed by atoms with E-state index < -0.39 is 0 Å². The van der Waals surface area contributed by atoms with Crippen LogP contribution in [-0.2, 0) is 14.2 Å². The SMILES string of the molecule is COC[C@H]1O[C@@H](n2cnc3c(OSO)nc(Cl)nc32)C[C@H]1OC. The van der Waals surface area contributed by atoms with Crippen LogP contribution in [0.4, 0.5) is 0 Å². The summed E-state index contributed by atoms with van der Waals surface area (Å²) in [6, 6.07) is 0. The van der Waals surface area contributed by atoms with Crippen molar-refractivity contribution in [2.24, 2.45) is 0 Å². The molecule has 0 amide bonds. The van der Waals surface area contributed by atoms with Gasteiger partial charge in [0.25, 0.3) is 5.88 Å². The molecule has 3 heterocycles. The van der Waals surface area contributed by atoms with E-state index in [0.29, 0.717) is 24.2 Å². The Morgan fingerprint density at radius 1 is 1.48 bits per heavy atom. The number of rotatable bonds is 6. The lowest BCUT2D eigenvalue weighted by molar-refractivity contribution is -0.0597. The van der Waals surface area contributed by atoms with Gasteiger partial charge in [-0.2, -0.15) is 9.97 Å². The average molecular weight is 363 g/mol. The van der Waals surface area contributed by atoms with E-state index >= 15 is 0 Å². The van der Waals surface area contributed by atoms with E-state index in [0.717, 1.165) is 0 Å². The minimum Gasteiger partial charge on any atom is -0.382 e. The Bertz CT molecular complexity index is 687. The molecule has 9 nitrogen and oxygen atoms in total. The minimum absolute atomic E-state index is 0.0157. The fourth-order valence-electron chi connectivity index (χ4n) is 2.60. The Kier molecular flexibility index (Phi) is 5.19. The molecule has 1 N–H and O–H groups in total. The Labute approximate surface area is 141 Å². The van der Waals surface area contributed by atoms with Crippen LogP contribution in [-0.4, -0.2) is 57.1 Å². The number of hydrogen-bond acceptors (Lipinski definition) is 9. The molecule has 1 saturated heterocycles. The van der Waals surface area contributed by atoms with Gasteiger partial charge in [0.15, 0.2) is 11.2 Å². The van der Waals surface area contributed by atoms with Crippen LogP contribution in [0.3, 0.4) is 0 Å². The smallest absolute Gasteiger partial charge is 0.263 e. The molecular weight excluding hydrogens is 348 g/mol. The maximum Gasteiger partial charge on any atom is 0.263 e. The molecule has 1 aliphatic rings. The third-order valence-electron chi connectivity index (χ3n) is 3.60. The monoisotopic (exact) mass is 362 g/mol. The zero-order chi connectivity index (χ0) is 16.4. The first-order valence-electron chi connectivity index (χ1n) is 6.73. The van der Waals surface area contributed by atoms with Gasteiger partial charge >= 0.3 is 0 Å². The van der Waals surface area contributed by atoms with Crippen molar-refractivity contribution in [3.8, 4) is 5.88 Å². The number of ether oxygens (including phenoxy) is 3. The van der Waals surface area contributed by atoms with Crippen molar-refractivity contribution >= 4 is 35.1 Å². The van der Waals surface area contributed by atoms with E-state index in [-0.39, 0.29) is 41.9 Å². The standard InChI is InChI=1S/C12H15ClN4O5S/c1-19-4-7-6(20-2)3-8(21-7)17-5-14-9-10(17)15-12(13)16-11(9)22-23-18/h5-8,18H,3-4H2,1-2H3/t6-,7-,8-/m1/s1. The zero-order valence-electron chi connectivity index (χ0n) is 12.4. The quantitative estimate of drug-likeness (QED) is 0.610. The lowest BCUT2D eigenvalue weighted by Crippen LogP contribution is -2.27. The highest BCUT2D eigenvalue weighted by molar-refractivity contribution is 7.89. The summed E-state index contributed by atoms with van der Waals surface area (Å²) in [5, 5.41) is -0.0157. The van der Waals surface area contributed by atoms with Crippen molar-refractivity contribution in [2.75, 3.05) is 20.8 Å². The molecule has 11 heteroatoms. The molecule has 2 aromatic heterocycles. The average Bonchev–Trinajstić information content (AvgIpc) is 3.11. The molecule has 0 unspecified atom stereocenters. The number of nitrogens with zero attached hydrogens (tertiary/aromatic N) is 4. The number of imidazole rings is 1. The third kappa shape index (κ3) is 3.23. The van der Waals surface area contributed by atoms with Crippen LogP contribution in [0.5, 0.6) is 5.88 Å². The van der Waals surface area contributed by atoms with Crippen LogP contribution < -0.4 is 4.18 Å². The second-order valence-electron chi connectivity index (χ2n) is 4.87. The lowest BCUT2D eigenvalue weighted by atomic mass is 10.2. The fraction of sp³-hybridized carbons (Fsp3) is 0.583. The predicted molar refractivity (Wildman–Crippen MR) is 82.4 cm³/mol. The first-order chi connectivity index (χ1) is 11.2. The second-order valence-corrected chi connectivity index (χ2v) is 5.53. The Balaban J connectivity index is 1.94. The van der Waals surface area contributed by atoms with E-state index in [9.17, 15) is 0 Å². The molecule has 0 saturated carbocycles. The molecule has 0 spiro atoms. The molecule has 0 aromatic carbocycles. The summed E-state index contributed by atoms with van der Waals surface area (Å²) < 4.78 is 32.1. The van der Waals surface area contributed by atoms with Gasteiger partial charge in [-0.1, -0.05) is 0 Å². The topological polar surface area (TPSA) is 101 Å². The maximum absolute atomic E-state index is 8.85. The van der Waals surface area contributed by atoms with Gasteiger partial charge < -0.3 is 18.4 Å². The fourth-order valence-corrected chi connectivity index (χ4v) is 2.95. The van der Waals surface area contributed by atoms with Crippen LogP contribution in [0, 0.1) is 0 Å². The van der Waals surface area contributed by atoms with E-state index in [4.69, 9.17) is 34.5 Å². The van der Waals surface area contributed by atoms with Gasteiger partial charge in [0, 0.05) is 20.6 Å². The van der Waals surface area contributed by atoms with E-state index in [2.05, 4.69) is 15.0 Å². The summed E-state index contributed by atoms with van der Waals surface area (Å²) >= 11 is 6.07. The molecule has 0 aliphatic carbocycles. The normalized spacial score (nSPS) is 24.4. The highest BCUT2D eigenvalue weighted by atomic mass is 35.5. The van der Waals surface area contributed by atoms with Crippen LogP contribution in [0.25, 0.3) is 11.2 Å². The molecule has 0 radical (unpaired) electrons. The van der Waals surface area contributed by atoms with Crippen LogP contribution in [0.1, 0.15) is 12.6 Å². The van der Waals surface area contributed by atoms with Gasteiger partial charge in [-0.15, -0.1) is 0 Å². The van der Waals surface area contributed by atoms with Crippen molar-refractivity contribution in [1.82, 2.24) is 19.5 Å².